The second-order valence-corrected chi connectivity index (χ2v) is 5.67. The quantitative estimate of drug-likeness (QED) is 0.792. The zero-order valence-corrected chi connectivity index (χ0v) is 13.5. The molecule has 2 rings (SSSR count). The van der Waals surface area contributed by atoms with Crippen LogP contribution in [0.15, 0.2) is 29.4 Å². The third kappa shape index (κ3) is 3.27. The summed E-state index contributed by atoms with van der Waals surface area (Å²) in [6.07, 6.45) is 7.29. The van der Waals surface area contributed by atoms with E-state index < -0.39 is 5.54 Å². The Hall–Kier alpha value is -1.95. The molecule has 0 bridgehead atoms. The fraction of sp³-hybridized carbons (Fsp3) is 0.562. The molecule has 6 nitrogen and oxygen atoms in total. The van der Waals surface area contributed by atoms with E-state index in [1.54, 1.807) is 24.1 Å². The number of allylic oxidation sites excluding steroid dienone is 2. The molecule has 0 spiro atoms. The minimum atomic E-state index is -0.918. The summed E-state index contributed by atoms with van der Waals surface area (Å²) in [4.78, 5) is 32.5. The average Bonchev–Trinajstić information content (AvgIpc) is 2.51. The molecule has 0 aromatic heterocycles. The van der Waals surface area contributed by atoms with Gasteiger partial charge in [-0.05, 0) is 32.2 Å². The van der Waals surface area contributed by atoms with E-state index in [4.69, 9.17) is 0 Å². The van der Waals surface area contributed by atoms with Crippen molar-refractivity contribution >= 4 is 17.6 Å². The van der Waals surface area contributed by atoms with Gasteiger partial charge in [0.15, 0.2) is 0 Å². The van der Waals surface area contributed by atoms with Crippen LogP contribution >= 0.6 is 0 Å². The fourth-order valence-electron chi connectivity index (χ4n) is 2.74. The van der Waals surface area contributed by atoms with E-state index in [2.05, 4.69) is 29.1 Å². The monoisotopic (exact) mass is 304 g/mol. The largest absolute Gasteiger partial charge is 0.353 e. The number of amidine groups is 1. The molecule has 0 saturated heterocycles. The number of likely N-dealkylation sites (N-methyl/N-ethyl adjacent to an activating group) is 1. The smallest absolute Gasteiger partial charge is 0.250 e. The van der Waals surface area contributed by atoms with Crippen LogP contribution in [-0.2, 0) is 9.59 Å². The molecular weight excluding hydrogens is 280 g/mol. The van der Waals surface area contributed by atoms with Crippen molar-refractivity contribution < 1.29 is 9.59 Å². The third-order valence-electron chi connectivity index (χ3n) is 4.20. The third-order valence-corrected chi connectivity index (χ3v) is 4.20. The van der Waals surface area contributed by atoms with Gasteiger partial charge in [0.05, 0.1) is 6.42 Å². The zero-order valence-electron chi connectivity index (χ0n) is 13.5. The van der Waals surface area contributed by atoms with Gasteiger partial charge in [-0.1, -0.05) is 19.9 Å². The number of hydrogen-bond donors (Lipinski definition) is 1. The highest BCUT2D eigenvalue weighted by atomic mass is 16.2. The molecule has 6 heteroatoms. The molecule has 2 aliphatic heterocycles. The van der Waals surface area contributed by atoms with Crippen molar-refractivity contribution in [1.29, 1.82) is 0 Å². The van der Waals surface area contributed by atoms with Gasteiger partial charge in [0.2, 0.25) is 5.91 Å². The van der Waals surface area contributed by atoms with Gasteiger partial charge in [-0.25, -0.2) is 0 Å². The Morgan fingerprint density at radius 2 is 2.14 bits per heavy atom. The summed E-state index contributed by atoms with van der Waals surface area (Å²) < 4.78 is 0. The number of rotatable bonds is 6. The summed E-state index contributed by atoms with van der Waals surface area (Å²) in [5.74, 6) is 0.132. The predicted octanol–water partition coefficient (Wildman–Crippen LogP) is 0.917. The lowest BCUT2D eigenvalue weighted by atomic mass is 9.91. The Balaban J connectivity index is 2.04. The molecule has 0 aromatic rings. The van der Waals surface area contributed by atoms with E-state index in [1.165, 1.54) is 0 Å². The van der Waals surface area contributed by atoms with Crippen molar-refractivity contribution in [2.24, 2.45) is 4.99 Å². The van der Waals surface area contributed by atoms with Crippen molar-refractivity contribution in [3.8, 4) is 0 Å². The van der Waals surface area contributed by atoms with Gasteiger partial charge in [-0.15, -0.1) is 0 Å². The van der Waals surface area contributed by atoms with Gasteiger partial charge in [0, 0.05) is 19.3 Å². The van der Waals surface area contributed by atoms with E-state index in [0.717, 1.165) is 19.6 Å². The Morgan fingerprint density at radius 1 is 1.41 bits per heavy atom. The number of nitrogens with one attached hydrogen (secondary N) is 1. The molecule has 0 radical (unpaired) electrons. The van der Waals surface area contributed by atoms with Crippen LogP contribution in [0.2, 0.25) is 0 Å². The van der Waals surface area contributed by atoms with Crippen LogP contribution < -0.4 is 5.32 Å². The lowest BCUT2D eigenvalue weighted by Gasteiger charge is -2.41. The molecule has 1 atom stereocenters. The standard InChI is InChI=1S/C16H24N4O2/c1-4-19(5-2)11-9-17-15(22)16(3)12-14(21)18-13-8-6-7-10-20(13)16/h6-8,10H,4-5,9,11-12H2,1-3H3,(H,17,22). The zero-order chi connectivity index (χ0) is 16.2. The van der Waals surface area contributed by atoms with Crippen LogP contribution in [0.1, 0.15) is 27.2 Å². The second kappa shape index (κ2) is 6.87. The summed E-state index contributed by atoms with van der Waals surface area (Å²) in [5.41, 5.74) is -0.918. The number of aliphatic imine (C=N–C) groups is 1. The summed E-state index contributed by atoms with van der Waals surface area (Å²) >= 11 is 0. The van der Waals surface area contributed by atoms with E-state index in [1.807, 2.05) is 12.2 Å². The Kier molecular flexibility index (Phi) is 5.13. The van der Waals surface area contributed by atoms with Gasteiger partial charge in [0.25, 0.3) is 5.91 Å². The molecule has 0 fully saturated rings. The lowest BCUT2D eigenvalue weighted by Crippen LogP contribution is -2.60. The molecule has 0 aliphatic carbocycles. The first-order valence-electron chi connectivity index (χ1n) is 7.77. The topological polar surface area (TPSA) is 65.0 Å². The SMILES string of the molecule is CCN(CC)CCNC(=O)C1(C)CC(=O)N=C2C=CC=CN21. The van der Waals surface area contributed by atoms with E-state index in [0.29, 0.717) is 12.4 Å². The molecule has 2 aliphatic rings. The van der Waals surface area contributed by atoms with Gasteiger partial charge in [-0.3, -0.25) is 9.59 Å². The maximum atomic E-state index is 12.6. The Morgan fingerprint density at radius 3 is 2.82 bits per heavy atom. The van der Waals surface area contributed by atoms with E-state index in [9.17, 15) is 9.59 Å². The maximum Gasteiger partial charge on any atom is 0.250 e. The van der Waals surface area contributed by atoms with Gasteiger partial charge < -0.3 is 15.1 Å². The Labute approximate surface area is 131 Å². The number of nitrogens with zero attached hydrogens (tertiary/aromatic N) is 3. The first kappa shape index (κ1) is 16.4. The van der Waals surface area contributed by atoms with Gasteiger partial charge in [0.1, 0.15) is 11.4 Å². The van der Waals surface area contributed by atoms with Gasteiger partial charge in [-0.2, -0.15) is 4.99 Å². The lowest BCUT2D eigenvalue weighted by molar-refractivity contribution is -0.134. The predicted molar refractivity (Wildman–Crippen MR) is 86.4 cm³/mol. The van der Waals surface area contributed by atoms with Crippen molar-refractivity contribution in [2.45, 2.75) is 32.7 Å². The van der Waals surface area contributed by atoms with Crippen LogP contribution in [-0.4, -0.2) is 59.2 Å². The normalized spacial score (nSPS) is 23.5. The highest BCUT2D eigenvalue weighted by Gasteiger charge is 2.44. The van der Waals surface area contributed by atoms with Crippen molar-refractivity contribution in [3.05, 3.63) is 24.4 Å². The first-order chi connectivity index (χ1) is 10.5. The summed E-state index contributed by atoms with van der Waals surface area (Å²) in [6, 6.07) is 0. The van der Waals surface area contributed by atoms with Crippen LogP contribution in [0.25, 0.3) is 0 Å². The highest BCUT2D eigenvalue weighted by Crippen LogP contribution is 2.27. The average molecular weight is 304 g/mol. The second-order valence-electron chi connectivity index (χ2n) is 5.67. The van der Waals surface area contributed by atoms with Crippen LogP contribution in [0.5, 0.6) is 0 Å². The highest BCUT2D eigenvalue weighted by molar-refractivity contribution is 6.09. The van der Waals surface area contributed by atoms with Crippen molar-refractivity contribution in [1.82, 2.24) is 15.1 Å². The number of amides is 2. The van der Waals surface area contributed by atoms with Crippen LogP contribution in [0.3, 0.4) is 0 Å². The molecule has 0 saturated carbocycles. The van der Waals surface area contributed by atoms with Crippen molar-refractivity contribution in [2.75, 3.05) is 26.2 Å². The number of hydrogen-bond acceptors (Lipinski definition) is 4. The minimum absolute atomic E-state index is 0.0891. The van der Waals surface area contributed by atoms with Gasteiger partial charge >= 0.3 is 0 Å². The van der Waals surface area contributed by atoms with E-state index >= 15 is 0 Å². The number of carbonyl (C=O) groups is 2. The summed E-state index contributed by atoms with van der Waals surface area (Å²) in [5, 5.41) is 2.96. The molecule has 22 heavy (non-hydrogen) atoms. The molecule has 0 aromatic carbocycles. The van der Waals surface area contributed by atoms with Crippen LogP contribution in [0, 0.1) is 0 Å². The van der Waals surface area contributed by atoms with E-state index in [-0.39, 0.29) is 18.2 Å². The maximum absolute atomic E-state index is 12.6. The summed E-state index contributed by atoms with van der Waals surface area (Å²) in [6.45, 7) is 9.27. The molecule has 2 amide bonds. The molecule has 2 heterocycles. The number of carbonyl (C=O) groups excluding carboxylic acids is 2. The first-order valence-corrected chi connectivity index (χ1v) is 7.77. The van der Waals surface area contributed by atoms with Crippen LogP contribution in [0.4, 0.5) is 0 Å². The molecule has 1 N–H and O–H groups in total. The Bertz CT molecular complexity index is 534. The minimum Gasteiger partial charge on any atom is -0.353 e. The fourth-order valence-corrected chi connectivity index (χ4v) is 2.74. The molecule has 1 unspecified atom stereocenters. The molecule has 120 valence electrons. The van der Waals surface area contributed by atoms with Crippen molar-refractivity contribution in [3.63, 3.8) is 0 Å². The molecular formula is C16H24N4O2. The number of fused-ring (bicyclic) bond motifs is 1. The summed E-state index contributed by atoms with van der Waals surface area (Å²) in [7, 11) is 0.